The van der Waals surface area contributed by atoms with Gasteiger partial charge in [-0.05, 0) is 37.0 Å². The second-order valence-electron chi connectivity index (χ2n) is 3.72. The van der Waals surface area contributed by atoms with Crippen LogP contribution in [0.3, 0.4) is 0 Å². The number of hydrogen-bond donors (Lipinski definition) is 0. The topological polar surface area (TPSA) is 18.5 Å². The van der Waals surface area contributed by atoms with Gasteiger partial charge in [0.2, 0.25) is 0 Å². The molecule has 0 fully saturated rings. The van der Waals surface area contributed by atoms with Gasteiger partial charge in [-0.25, -0.2) is 0 Å². The van der Waals surface area contributed by atoms with Crippen LogP contribution in [-0.4, -0.2) is 19.6 Å². The highest BCUT2D eigenvalue weighted by Crippen LogP contribution is 2.31. The van der Waals surface area contributed by atoms with Crippen LogP contribution in [0.4, 0.5) is 0 Å². The maximum absolute atomic E-state index is 5.75. The highest BCUT2D eigenvalue weighted by atomic mass is 35.5. The molecule has 0 amide bonds. The molecule has 0 N–H and O–H groups in total. The number of hydrogen-bond acceptors (Lipinski definition) is 2. The molecule has 1 unspecified atom stereocenters. The van der Waals surface area contributed by atoms with Crippen molar-refractivity contribution in [3.63, 3.8) is 0 Å². The van der Waals surface area contributed by atoms with Crippen molar-refractivity contribution in [3.8, 4) is 11.5 Å². The van der Waals surface area contributed by atoms with E-state index < -0.39 is 0 Å². The molecular weight excluding hydrogens is 224 g/mol. The molecule has 1 aromatic rings. The van der Waals surface area contributed by atoms with E-state index in [0.717, 1.165) is 17.9 Å². The summed E-state index contributed by atoms with van der Waals surface area (Å²) in [4.78, 5) is 0. The lowest BCUT2D eigenvalue weighted by Crippen LogP contribution is -1.99. The lowest BCUT2D eigenvalue weighted by molar-refractivity contribution is 0.310. The van der Waals surface area contributed by atoms with Gasteiger partial charge in [0.15, 0.2) is 11.5 Å². The maximum atomic E-state index is 5.75. The molecule has 0 aliphatic heterocycles. The molecule has 2 nitrogen and oxygen atoms in total. The molecule has 3 heteroatoms. The summed E-state index contributed by atoms with van der Waals surface area (Å²) in [5.74, 6) is 2.71. The fourth-order valence-corrected chi connectivity index (χ4v) is 1.92. The molecule has 0 bridgehead atoms. The Balaban J connectivity index is 2.89. The lowest BCUT2D eigenvalue weighted by Gasteiger charge is -2.14. The Morgan fingerprint density at radius 1 is 1.31 bits per heavy atom. The Kier molecular flexibility index (Phi) is 5.47. The van der Waals surface area contributed by atoms with Gasteiger partial charge in [-0.2, -0.15) is 0 Å². The summed E-state index contributed by atoms with van der Waals surface area (Å²) >= 11 is 5.75. The van der Waals surface area contributed by atoms with E-state index >= 15 is 0 Å². The van der Waals surface area contributed by atoms with E-state index in [1.807, 2.05) is 19.1 Å². The van der Waals surface area contributed by atoms with Crippen LogP contribution in [-0.2, 0) is 0 Å². The lowest BCUT2D eigenvalue weighted by atomic mass is 9.98. The van der Waals surface area contributed by atoms with E-state index in [0.29, 0.717) is 18.4 Å². The zero-order valence-corrected chi connectivity index (χ0v) is 10.9. The molecule has 0 saturated carbocycles. The van der Waals surface area contributed by atoms with Gasteiger partial charge < -0.3 is 9.47 Å². The van der Waals surface area contributed by atoms with Crippen molar-refractivity contribution in [1.82, 2.24) is 0 Å². The van der Waals surface area contributed by atoms with E-state index in [9.17, 15) is 0 Å². The van der Waals surface area contributed by atoms with Crippen LogP contribution in [0.1, 0.15) is 31.7 Å². The molecule has 0 saturated heterocycles. The van der Waals surface area contributed by atoms with E-state index in [1.165, 1.54) is 5.56 Å². The second kappa shape index (κ2) is 6.64. The van der Waals surface area contributed by atoms with E-state index in [1.54, 1.807) is 7.11 Å². The summed E-state index contributed by atoms with van der Waals surface area (Å²) in [5, 5.41) is 0. The molecule has 0 aliphatic rings. The fraction of sp³-hybridized carbons (Fsp3) is 0.538. The summed E-state index contributed by atoms with van der Waals surface area (Å²) < 4.78 is 10.8. The van der Waals surface area contributed by atoms with Crippen LogP contribution >= 0.6 is 11.6 Å². The van der Waals surface area contributed by atoms with Crippen LogP contribution < -0.4 is 9.47 Å². The number of halogens is 1. The van der Waals surface area contributed by atoms with Crippen molar-refractivity contribution >= 4 is 11.6 Å². The summed E-state index contributed by atoms with van der Waals surface area (Å²) in [7, 11) is 1.66. The largest absolute Gasteiger partial charge is 0.493 e. The van der Waals surface area contributed by atoms with Crippen molar-refractivity contribution in [2.24, 2.45) is 0 Å². The SMILES string of the molecule is CCOc1ccc(C(C)CCCl)cc1OC. The first-order chi connectivity index (χ1) is 7.72. The normalized spacial score (nSPS) is 12.2. The third-order valence-corrected chi connectivity index (χ3v) is 2.82. The monoisotopic (exact) mass is 242 g/mol. The summed E-state index contributed by atoms with van der Waals surface area (Å²) in [5.41, 5.74) is 1.24. The Bertz CT molecular complexity index is 326. The first-order valence-electron chi connectivity index (χ1n) is 5.59. The predicted octanol–water partition coefficient (Wildman–Crippen LogP) is 3.83. The molecule has 1 aromatic carbocycles. The van der Waals surface area contributed by atoms with E-state index in [-0.39, 0.29) is 0 Å². The van der Waals surface area contributed by atoms with Crippen LogP contribution in [0.25, 0.3) is 0 Å². The molecule has 1 atom stereocenters. The van der Waals surface area contributed by atoms with Gasteiger partial charge >= 0.3 is 0 Å². The van der Waals surface area contributed by atoms with Crippen molar-refractivity contribution < 1.29 is 9.47 Å². The maximum Gasteiger partial charge on any atom is 0.161 e. The summed E-state index contributed by atoms with van der Waals surface area (Å²) in [6.45, 7) is 4.77. The fourth-order valence-electron chi connectivity index (χ4n) is 1.60. The second-order valence-corrected chi connectivity index (χ2v) is 4.10. The Morgan fingerprint density at radius 2 is 2.06 bits per heavy atom. The third kappa shape index (κ3) is 3.31. The van der Waals surface area contributed by atoms with E-state index in [4.69, 9.17) is 21.1 Å². The zero-order valence-electron chi connectivity index (χ0n) is 10.1. The number of alkyl halides is 1. The standard InChI is InChI=1S/C13H19ClO2/c1-4-16-12-6-5-11(9-13(12)15-3)10(2)7-8-14/h5-6,9-10H,4,7-8H2,1-3H3. The van der Waals surface area contributed by atoms with Gasteiger partial charge in [-0.1, -0.05) is 13.0 Å². The molecule has 90 valence electrons. The first kappa shape index (κ1) is 13.2. The number of methoxy groups -OCH3 is 1. The van der Waals surface area contributed by atoms with Gasteiger partial charge in [0, 0.05) is 5.88 Å². The number of benzene rings is 1. The van der Waals surface area contributed by atoms with Gasteiger partial charge in [0.05, 0.1) is 13.7 Å². The minimum absolute atomic E-state index is 0.446. The molecule has 16 heavy (non-hydrogen) atoms. The minimum atomic E-state index is 0.446. The Hall–Kier alpha value is -0.890. The molecule has 1 rings (SSSR count). The Labute approximate surface area is 103 Å². The first-order valence-corrected chi connectivity index (χ1v) is 6.13. The van der Waals surface area contributed by atoms with Crippen LogP contribution in [0.2, 0.25) is 0 Å². The van der Waals surface area contributed by atoms with Crippen LogP contribution in [0.5, 0.6) is 11.5 Å². The smallest absolute Gasteiger partial charge is 0.161 e. The summed E-state index contributed by atoms with van der Waals surface area (Å²) in [6.07, 6.45) is 0.971. The van der Waals surface area contributed by atoms with Crippen molar-refractivity contribution in [3.05, 3.63) is 23.8 Å². The highest BCUT2D eigenvalue weighted by molar-refractivity contribution is 6.17. The van der Waals surface area contributed by atoms with Gasteiger partial charge in [-0.3, -0.25) is 0 Å². The van der Waals surface area contributed by atoms with Gasteiger partial charge in [0.25, 0.3) is 0 Å². The molecular formula is C13H19ClO2. The zero-order chi connectivity index (χ0) is 12.0. The minimum Gasteiger partial charge on any atom is -0.493 e. The molecule has 0 spiro atoms. The Morgan fingerprint density at radius 3 is 2.62 bits per heavy atom. The average molecular weight is 243 g/mol. The molecule has 0 aromatic heterocycles. The number of ether oxygens (including phenoxy) is 2. The van der Waals surface area contributed by atoms with Crippen molar-refractivity contribution in [2.75, 3.05) is 19.6 Å². The summed E-state index contributed by atoms with van der Waals surface area (Å²) in [6, 6.07) is 6.06. The molecule has 0 radical (unpaired) electrons. The molecule has 0 heterocycles. The quantitative estimate of drug-likeness (QED) is 0.706. The van der Waals surface area contributed by atoms with Crippen molar-refractivity contribution in [1.29, 1.82) is 0 Å². The predicted molar refractivity (Wildman–Crippen MR) is 67.9 cm³/mol. The van der Waals surface area contributed by atoms with Crippen molar-refractivity contribution in [2.45, 2.75) is 26.2 Å². The highest BCUT2D eigenvalue weighted by Gasteiger charge is 2.09. The van der Waals surface area contributed by atoms with Crippen LogP contribution in [0.15, 0.2) is 18.2 Å². The third-order valence-electron chi connectivity index (χ3n) is 2.60. The van der Waals surface area contributed by atoms with Crippen LogP contribution in [0, 0.1) is 0 Å². The number of rotatable bonds is 6. The average Bonchev–Trinajstić information content (AvgIpc) is 2.30. The molecule has 0 aliphatic carbocycles. The van der Waals surface area contributed by atoms with Gasteiger partial charge in [-0.15, -0.1) is 11.6 Å². The van der Waals surface area contributed by atoms with E-state index in [2.05, 4.69) is 13.0 Å². The van der Waals surface area contributed by atoms with Gasteiger partial charge in [0.1, 0.15) is 0 Å².